The van der Waals surface area contributed by atoms with Gasteiger partial charge in [0.05, 0.1) is 18.4 Å². The second-order valence-electron chi connectivity index (χ2n) is 6.54. The summed E-state index contributed by atoms with van der Waals surface area (Å²) in [5, 5.41) is 20.1. The van der Waals surface area contributed by atoms with Gasteiger partial charge in [-0.2, -0.15) is 0 Å². The summed E-state index contributed by atoms with van der Waals surface area (Å²) in [5.74, 6) is -4.27. The van der Waals surface area contributed by atoms with Crippen LogP contribution in [0.25, 0.3) is 0 Å². The lowest BCUT2D eigenvalue weighted by Gasteiger charge is -2.18. The fourth-order valence-electron chi connectivity index (χ4n) is 2.63. The van der Waals surface area contributed by atoms with Gasteiger partial charge in [0.25, 0.3) is 11.8 Å². The van der Waals surface area contributed by atoms with Crippen molar-refractivity contribution in [2.45, 2.75) is 25.4 Å². The Balaban J connectivity index is 2.12. The van der Waals surface area contributed by atoms with E-state index in [9.17, 15) is 24.0 Å². The lowest BCUT2D eigenvalue weighted by Crippen LogP contribution is -2.41. The zero-order valence-corrected chi connectivity index (χ0v) is 16.6. The maximum atomic E-state index is 12.3. The fourth-order valence-corrected chi connectivity index (χ4v) is 2.63. The number of aromatic nitrogens is 2. The van der Waals surface area contributed by atoms with Crippen molar-refractivity contribution in [1.82, 2.24) is 15.3 Å². The molecular formula is C19H20N6O7. The minimum absolute atomic E-state index is 0.0706. The van der Waals surface area contributed by atoms with E-state index in [0.29, 0.717) is 12.1 Å². The van der Waals surface area contributed by atoms with Crippen molar-refractivity contribution in [3.63, 3.8) is 0 Å². The Morgan fingerprint density at radius 2 is 1.81 bits per heavy atom. The van der Waals surface area contributed by atoms with Crippen LogP contribution in [-0.4, -0.2) is 56.4 Å². The number of hydrogen-bond donors (Lipinski definition) is 5. The van der Waals surface area contributed by atoms with Gasteiger partial charge < -0.3 is 31.9 Å². The number of carbonyl (C=O) groups is 5. The molecular weight excluding hydrogens is 424 g/mol. The molecule has 7 N–H and O–H groups in total. The highest BCUT2D eigenvalue weighted by molar-refractivity contribution is 5.97. The number of hydrogen-bond acceptors (Lipinski definition) is 8. The van der Waals surface area contributed by atoms with Gasteiger partial charge in [0.1, 0.15) is 6.04 Å². The van der Waals surface area contributed by atoms with Crippen LogP contribution in [0, 0.1) is 0 Å². The second-order valence-corrected chi connectivity index (χ2v) is 6.54. The average Bonchev–Trinajstić information content (AvgIpc) is 2.75. The van der Waals surface area contributed by atoms with Crippen molar-refractivity contribution in [1.29, 1.82) is 0 Å². The molecule has 1 heterocycles. The summed E-state index contributed by atoms with van der Waals surface area (Å²) in [6, 6.07) is 4.24. The van der Waals surface area contributed by atoms with Crippen LogP contribution < -0.4 is 21.7 Å². The zero-order chi connectivity index (χ0) is 23.8. The molecule has 2 rings (SSSR count). The Labute approximate surface area is 181 Å². The molecule has 0 saturated heterocycles. The molecule has 1 atom stereocenters. The van der Waals surface area contributed by atoms with Crippen molar-refractivity contribution < 1.29 is 34.2 Å². The summed E-state index contributed by atoms with van der Waals surface area (Å²) in [7, 11) is 0. The minimum atomic E-state index is -1.37. The molecule has 0 spiro atoms. The molecule has 168 valence electrons. The Bertz CT molecular complexity index is 1040. The predicted octanol–water partition coefficient (Wildman–Crippen LogP) is -0.631. The van der Waals surface area contributed by atoms with Gasteiger partial charge in [0.15, 0.2) is 11.5 Å². The molecule has 1 aromatic heterocycles. The first-order valence-corrected chi connectivity index (χ1v) is 9.11. The first-order chi connectivity index (χ1) is 15.1. The minimum Gasteiger partial charge on any atom is -0.481 e. The van der Waals surface area contributed by atoms with E-state index in [1.807, 2.05) is 0 Å². The van der Waals surface area contributed by atoms with Gasteiger partial charge in [-0.1, -0.05) is 0 Å². The van der Waals surface area contributed by atoms with Crippen molar-refractivity contribution in [3.8, 4) is 0 Å². The first-order valence-electron chi connectivity index (χ1n) is 9.11. The third-order valence-electron chi connectivity index (χ3n) is 4.26. The van der Waals surface area contributed by atoms with Gasteiger partial charge >= 0.3 is 11.9 Å². The van der Waals surface area contributed by atoms with Crippen LogP contribution >= 0.6 is 0 Å². The Morgan fingerprint density at radius 1 is 1.16 bits per heavy atom. The topological polar surface area (TPSA) is 219 Å². The second kappa shape index (κ2) is 10.5. The maximum Gasteiger partial charge on any atom is 0.326 e. The summed E-state index contributed by atoms with van der Waals surface area (Å²) >= 11 is 0. The molecule has 3 amide bonds. The molecule has 1 unspecified atom stereocenters. The molecule has 13 heteroatoms. The van der Waals surface area contributed by atoms with E-state index >= 15 is 0 Å². The van der Waals surface area contributed by atoms with Crippen molar-refractivity contribution in [2.75, 3.05) is 10.6 Å². The molecule has 13 nitrogen and oxygen atoms in total. The highest BCUT2D eigenvalue weighted by atomic mass is 16.4. The standard InChI is InChI=1S/C19H20N6O7/c20-16-15(17(21)29)23-11(7-22-16)8-25(9-26)12-3-1-10(2-4-12)18(30)24-13(19(31)32)5-6-14(27)28/h1-4,7,9,13H,5-6,8H2,(H2,20,22)(H2,21,29)(H,24,30)(H,27,28)(H,31,32). The molecule has 0 radical (unpaired) electrons. The molecule has 0 fully saturated rings. The number of aliphatic carboxylic acids is 2. The molecule has 0 aliphatic heterocycles. The van der Waals surface area contributed by atoms with Crippen molar-refractivity contribution in [3.05, 3.63) is 47.4 Å². The number of amides is 3. The Morgan fingerprint density at radius 3 is 2.34 bits per heavy atom. The van der Waals surface area contributed by atoms with Crippen LogP contribution in [0.1, 0.15) is 39.4 Å². The molecule has 1 aromatic carbocycles. The fraction of sp³-hybridized carbons (Fsp3) is 0.211. The SMILES string of the molecule is NC(=O)c1nc(CN(C=O)c2ccc(C(=O)NC(CCC(=O)O)C(=O)O)cc2)cnc1N. The van der Waals surface area contributed by atoms with E-state index < -0.39 is 36.2 Å². The highest BCUT2D eigenvalue weighted by Crippen LogP contribution is 2.17. The molecule has 0 saturated carbocycles. The summed E-state index contributed by atoms with van der Waals surface area (Å²) in [5.41, 5.74) is 11.2. The van der Waals surface area contributed by atoms with E-state index in [1.165, 1.54) is 35.4 Å². The van der Waals surface area contributed by atoms with Gasteiger partial charge in [-0.15, -0.1) is 0 Å². The van der Waals surface area contributed by atoms with E-state index in [0.717, 1.165) is 0 Å². The van der Waals surface area contributed by atoms with Gasteiger partial charge in [-0.25, -0.2) is 14.8 Å². The molecule has 0 bridgehead atoms. The zero-order valence-electron chi connectivity index (χ0n) is 16.6. The number of nitrogens with one attached hydrogen (secondary N) is 1. The quantitative estimate of drug-likeness (QED) is 0.276. The summed E-state index contributed by atoms with van der Waals surface area (Å²) in [6.07, 6.45) is 1.09. The van der Waals surface area contributed by atoms with E-state index in [-0.39, 0.29) is 35.7 Å². The van der Waals surface area contributed by atoms with Crippen molar-refractivity contribution in [2.24, 2.45) is 5.73 Å². The van der Waals surface area contributed by atoms with Crippen molar-refractivity contribution >= 4 is 41.7 Å². The van der Waals surface area contributed by atoms with Crippen LogP contribution in [0.3, 0.4) is 0 Å². The van der Waals surface area contributed by atoms with E-state index in [2.05, 4.69) is 15.3 Å². The van der Waals surface area contributed by atoms with E-state index in [1.54, 1.807) is 0 Å². The number of carbonyl (C=O) groups excluding carboxylic acids is 3. The number of nitrogens with zero attached hydrogens (tertiary/aromatic N) is 3. The Kier molecular flexibility index (Phi) is 7.76. The van der Waals surface area contributed by atoms with Gasteiger partial charge in [0, 0.05) is 17.7 Å². The molecule has 0 aliphatic rings. The van der Waals surface area contributed by atoms with Crippen LogP contribution in [0.15, 0.2) is 30.5 Å². The lowest BCUT2D eigenvalue weighted by molar-refractivity contribution is -0.140. The van der Waals surface area contributed by atoms with Gasteiger partial charge in [-0.05, 0) is 30.7 Å². The third kappa shape index (κ3) is 6.22. The largest absolute Gasteiger partial charge is 0.481 e. The number of carboxylic acids is 2. The maximum absolute atomic E-state index is 12.3. The lowest BCUT2D eigenvalue weighted by atomic mass is 10.1. The summed E-state index contributed by atoms with van der Waals surface area (Å²) in [6.45, 7) is -0.0706. The number of benzene rings is 1. The smallest absolute Gasteiger partial charge is 0.326 e. The predicted molar refractivity (Wildman–Crippen MR) is 109 cm³/mol. The van der Waals surface area contributed by atoms with Gasteiger partial charge in [-0.3, -0.25) is 19.2 Å². The average molecular weight is 444 g/mol. The van der Waals surface area contributed by atoms with Crippen LogP contribution in [-0.2, 0) is 20.9 Å². The van der Waals surface area contributed by atoms with Crippen LogP contribution in [0.4, 0.5) is 11.5 Å². The third-order valence-corrected chi connectivity index (χ3v) is 4.26. The molecule has 32 heavy (non-hydrogen) atoms. The van der Waals surface area contributed by atoms with Crippen LogP contribution in [0.5, 0.6) is 0 Å². The number of nitrogen functional groups attached to an aromatic ring is 1. The number of nitrogens with two attached hydrogens (primary N) is 2. The number of anilines is 2. The summed E-state index contributed by atoms with van der Waals surface area (Å²) in [4.78, 5) is 66.1. The Hall–Kier alpha value is -4.55. The molecule has 0 aliphatic carbocycles. The number of carboxylic acid groups (broad SMARTS) is 2. The molecule has 2 aromatic rings. The highest BCUT2D eigenvalue weighted by Gasteiger charge is 2.22. The van der Waals surface area contributed by atoms with E-state index in [4.69, 9.17) is 21.7 Å². The number of rotatable bonds is 11. The van der Waals surface area contributed by atoms with Crippen LogP contribution in [0.2, 0.25) is 0 Å². The normalized spacial score (nSPS) is 11.2. The summed E-state index contributed by atoms with van der Waals surface area (Å²) < 4.78 is 0. The monoisotopic (exact) mass is 444 g/mol. The first kappa shape index (κ1) is 23.7. The van der Waals surface area contributed by atoms with Gasteiger partial charge in [0.2, 0.25) is 6.41 Å². The number of primary amides is 1.